The number of aliphatic hydroxyl groups is 1. The number of benzene rings is 1. The van der Waals surface area contributed by atoms with Gasteiger partial charge in [-0.2, -0.15) is 5.10 Å². The second kappa shape index (κ2) is 7.84. The molecule has 1 aromatic carbocycles. The van der Waals surface area contributed by atoms with Crippen molar-refractivity contribution in [2.24, 2.45) is 7.05 Å². The Morgan fingerprint density at radius 2 is 2.05 bits per heavy atom. The molecule has 0 saturated carbocycles. The summed E-state index contributed by atoms with van der Waals surface area (Å²) in [6.45, 7) is 3.26. The van der Waals surface area contributed by atoms with E-state index in [0.717, 1.165) is 25.8 Å². The zero-order chi connectivity index (χ0) is 15.1. The topological polar surface area (TPSA) is 41.3 Å². The van der Waals surface area contributed by atoms with Gasteiger partial charge >= 0.3 is 0 Å². The number of anilines is 1. The Labute approximate surface area is 127 Å². The molecule has 0 saturated heterocycles. The van der Waals surface area contributed by atoms with E-state index in [-0.39, 0.29) is 12.6 Å². The molecule has 0 bridgehead atoms. The van der Waals surface area contributed by atoms with Gasteiger partial charge in [-0.1, -0.05) is 25.1 Å². The van der Waals surface area contributed by atoms with E-state index < -0.39 is 0 Å². The Morgan fingerprint density at radius 1 is 1.29 bits per heavy atom. The number of aryl methyl sites for hydroxylation is 2. The lowest BCUT2D eigenvalue weighted by Gasteiger charge is -2.32. The molecule has 21 heavy (non-hydrogen) atoms. The molecule has 4 nitrogen and oxygen atoms in total. The zero-order valence-corrected chi connectivity index (χ0v) is 12.9. The summed E-state index contributed by atoms with van der Waals surface area (Å²) in [6, 6.07) is 10.5. The fraction of sp³-hybridized carbons (Fsp3) is 0.471. The SMILES string of the molecule is CCC(CO)N(CCCc1cnn(C)c1)c1ccccc1. The molecule has 1 N–H and O–H groups in total. The summed E-state index contributed by atoms with van der Waals surface area (Å²) in [6.07, 6.45) is 7.00. The predicted octanol–water partition coefficient (Wildman–Crippen LogP) is 2.63. The summed E-state index contributed by atoms with van der Waals surface area (Å²) in [4.78, 5) is 2.32. The standard InChI is InChI=1S/C17H25N3O/c1-3-16(14-21)20(17-9-5-4-6-10-17)11-7-8-15-12-18-19(2)13-15/h4-6,9-10,12-13,16,21H,3,7-8,11,14H2,1-2H3. The van der Waals surface area contributed by atoms with Gasteiger partial charge in [0.05, 0.1) is 18.8 Å². The molecule has 2 aromatic rings. The minimum absolute atomic E-state index is 0.182. The van der Waals surface area contributed by atoms with Crippen molar-refractivity contribution in [2.75, 3.05) is 18.1 Å². The summed E-state index contributed by atoms with van der Waals surface area (Å²) < 4.78 is 1.84. The first kappa shape index (κ1) is 15.6. The molecule has 0 fully saturated rings. The molecule has 2 rings (SSSR count). The molecule has 0 aliphatic carbocycles. The van der Waals surface area contributed by atoms with Crippen LogP contribution in [-0.2, 0) is 13.5 Å². The molecule has 114 valence electrons. The van der Waals surface area contributed by atoms with Gasteiger partial charge in [0.2, 0.25) is 0 Å². The Bertz CT molecular complexity index is 520. The second-order valence-electron chi connectivity index (χ2n) is 5.40. The maximum Gasteiger partial charge on any atom is 0.0634 e. The number of para-hydroxylation sites is 1. The van der Waals surface area contributed by atoms with Crippen molar-refractivity contribution in [3.05, 3.63) is 48.3 Å². The average molecular weight is 287 g/mol. The third-order valence-electron chi connectivity index (χ3n) is 3.83. The average Bonchev–Trinajstić information content (AvgIpc) is 2.93. The van der Waals surface area contributed by atoms with E-state index in [1.165, 1.54) is 11.3 Å². The summed E-state index contributed by atoms with van der Waals surface area (Å²) in [7, 11) is 1.94. The molecule has 1 atom stereocenters. The predicted molar refractivity (Wildman–Crippen MR) is 86.5 cm³/mol. The third kappa shape index (κ3) is 4.33. The van der Waals surface area contributed by atoms with Crippen LogP contribution in [-0.4, -0.2) is 34.1 Å². The van der Waals surface area contributed by atoms with Crippen molar-refractivity contribution in [1.82, 2.24) is 9.78 Å². The third-order valence-corrected chi connectivity index (χ3v) is 3.83. The molecule has 0 aliphatic rings. The highest BCUT2D eigenvalue weighted by atomic mass is 16.3. The zero-order valence-electron chi connectivity index (χ0n) is 12.9. The van der Waals surface area contributed by atoms with Crippen LogP contribution in [0.15, 0.2) is 42.7 Å². The molecule has 0 radical (unpaired) electrons. The van der Waals surface area contributed by atoms with Gasteiger partial charge in [0.15, 0.2) is 0 Å². The van der Waals surface area contributed by atoms with Gasteiger partial charge in [0.25, 0.3) is 0 Å². The number of nitrogens with zero attached hydrogens (tertiary/aromatic N) is 3. The van der Waals surface area contributed by atoms with E-state index in [4.69, 9.17) is 0 Å². The molecule has 1 unspecified atom stereocenters. The molecule has 0 amide bonds. The summed E-state index contributed by atoms with van der Waals surface area (Å²) in [5.74, 6) is 0. The van der Waals surface area contributed by atoms with Crippen molar-refractivity contribution in [3.63, 3.8) is 0 Å². The maximum atomic E-state index is 9.62. The Balaban J connectivity index is 1.99. The fourth-order valence-electron chi connectivity index (χ4n) is 2.64. The fourth-order valence-corrected chi connectivity index (χ4v) is 2.64. The highest BCUT2D eigenvalue weighted by Gasteiger charge is 2.16. The lowest BCUT2D eigenvalue weighted by molar-refractivity contribution is 0.255. The van der Waals surface area contributed by atoms with Crippen LogP contribution in [0.25, 0.3) is 0 Å². The monoisotopic (exact) mass is 287 g/mol. The van der Waals surface area contributed by atoms with Crippen molar-refractivity contribution < 1.29 is 5.11 Å². The number of aromatic nitrogens is 2. The van der Waals surface area contributed by atoms with E-state index in [1.807, 2.05) is 36.1 Å². The molecule has 0 spiro atoms. The van der Waals surface area contributed by atoms with E-state index in [1.54, 1.807) is 0 Å². The largest absolute Gasteiger partial charge is 0.394 e. The van der Waals surface area contributed by atoms with Crippen LogP contribution < -0.4 is 4.90 Å². The van der Waals surface area contributed by atoms with Crippen LogP contribution in [0.3, 0.4) is 0 Å². The lowest BCUT2D eigenvalue weighted by Crippen LogP contribution is -2.38. The minimum atomic E-state index is 0.182. The first-order valence-corrected chi connectivity index (χ1v) is 7.64. The number of hydrogen-bond acceptors (Lipinski definition) is 3. The molecule has 4 heteroatoms. The van der Waals surface area contributed by atoms with Gasteiger partial charge in [0, 0.05) is 25.5 Å². The van der Waals surface area contributed by atoms with Gasteiger partial charge in [0.1, 0.15) is 0 Å². The van der Waals surface area contributed by atoms with E-state index in [0.29, 0.717) is 0 Å². The van der Waals surface area contributed by atoms with Gasteiger partial charge < -0.3 is 10.0 Å². The lowest BCUT2D eigenvalue weighted by atomic mass is 10.1. The first-order valence-electron chi connectivity index (χ1n) is 7.64. The van der Waals surface area contributed by atoms with E-state index in [9.17, 15) is 5.11 Å². The van der Waals surface area contributed by atoms with Crippen molar-refractivity contribution >= 4 is 5.69 Å². The second-order valence-corrected chi connectivity index (χ2v) is 5.40. The molecule has 0 aliphatic heterocycles. The highest BCUT2D eigenvalue weighted by Crippen LogP contribution is 2.19. The van der Waals surface area contributed by atoms with E-state index in [2.05, 4.69) is 35.3 Å². The van der Waals surface area contributed by atoms with Crippen molar-refractivity contribution in [1.29, 1.82) is 0 Å². The smallest absolute Gasteiger partial charge is 0.0634 e. The van der Waals surface area contributed by atoms with Crippen LogP contribution in [0.2, 0.25) is 0 Å². The van der Waals surface area contributed by atoms with Crippen LogP contribution in [0.4, 0.5) is 5.69 Å². The van der Waals surface area contributed by atoms with Crippen molar-refractivity contribution in [3.8, 4) is 0 Å². The van der Waals surface area contributed by atoms with Gasteiger partial charge in [-0.15, -0.1) is 0 Å². The number of hydrogen-bond donors (Lipinski definition) is 1. The van der Waals surface area contributed by atoms with Crippen molar-refractivity contribution in [2.45, 2.75) is 32.2 Å². The Morgan fingerprint density at radius 3 is 2.62 bits per heavy atom. The maximum absolute atomic E-state index is 9.62. The number of aliphatic hydroxyl groups excluding tert-OH is 1. The Kier molecular flexibility index (Phi) is 5.81. The van der Waals surface area contributed by atoms with Gasteiger partial charge in [-0.3, -0.25) is 4.68 Å². The molecule has 1 aromatic heterocycles. The van der Waals surface area contributed by atoms with Gasteiger partial charge in [-0.25, -0.2) is 0 Å². The normalized spacial score (nSPS) is 12.3. The van der Waals surface area contributed by atoms with Crippen LogP contribution in [0.5, 0.6) is 0 Å². The highest BCUT2D eigenvalue weighted by molar-refractivity contribution is 5.47. The van der Waals surface area contributed by atoms with E-state index >= 15 is 0 Å². The molecular formula is C17H25N3O. The summed E-state index contributed by atoms with van der Waals surface area (Å²) in [5.41, 5.74) is 2.45. The Hall–Kier alpha value is -1.81. The van der Waals surface area contributed by atoms with Crippen LogP contribution in [0.1, 0.15) is 25.3 Å². The number of rotatable bonds is 8. The molecular weight excluding hydrogens is 262 g/mol. The van der Waals surface area contributed by atoms with Gasteiger partial charge in [-0.05, 0) is 37.0 Å². The quantitative estimate of drug-likeness (QED) is 0.811. The van der Waals surface area contributed by atoms with Crippen LogP contribution in [0, 0.1) is 0 Å². The minimum Gasteiger partial charge on any atom is -0.394 e. The van der Waals surface area contributed by atoms with Crippen LogP contribution >= 0.6 is 0 Å². The summed E-state index contributed by atoms with van der Waals surface area (Å²) >= 11 is 0. The summed E-state index contributed by atoms with van der Waals surface area (Å²) in [5, 5.41) is 13.8. The molecule has 1 heterocycles. The first-order chi connectivity index (χ1) is 10.2.